The first kappa shape index (κ1) is 13.7. The van der Waals surface area contributed by atoms with Crippen molar-refractivity contribution in [1.82, 2.24) is 9.97 Å². The van der Waals surface area contributed by atoms with Gasteiger partial charge in [-0.25, -0.2) is 9.97 Å². The van der Waals surface area contributed by atoms with Gasteiger partial charge in [-0.15, -0.1) is 11.3 Å². The van der Waals surface area contributed by atoms with Crippen LogP contribution in [0.3, 0.4) is 0 Å². The van der Waals surface area contributed by atoms with Crippen molar-refractivity contribution in [2.75, 3.05) is 5.32 Å². The predicted octanol–water partition coefficient (Wildman–Crippen LogP) is 4.93. The number of aromatic nitrogens is 2. The van der Waals surface area contributed by atoms with E-state index in [4.69, 9.17) is 0 Å². The molecule has 0 radical (unpaired) electrons. The molecule has 0 saturated carbocycles. The molecule has 1 aliphatic carbocycles. The van der Waals surface area contributed by atoms with Crippen LogP contribution in [0.15, 0.2) is 24.5 Å². The quantitative estimate of drug-likeness (QED) is 0.729. The molecule has 3 nitrogen and oxygen atoms in total. The van der Waals surface area contributed by atoms with Crippen molar-refractivity contribution >= 4 is 33.1 Å². The first-order valence-electron chi connectivity index (χ1n) is 7.82. The van der Waals surface area contributed by atoms with Gasteiger partial charge in [-0.1, -0.05) is 6.07 Å². The second-order valence-corrected chi connectivity index (χ2v) is 7.12. The minimum Gasteiger partial charge on any atom is -0.340 e. The van der Waals surface area contributed by atoms with Crippen LogP contribution in [0, 0.1) is 13.8 Å². The SMILES string of the molecule is Cc1ccc(Nc2ncnc3sc4c(c23)CCCC4)cc1C. The molecular formula is C18H19N3S. The van der Waals surface area contributed by atoms with Crippen LogP contribution in [0.2, 0.25) is 0 Å². The lowest BCUT2D eigenvalue weighted by atomic mass is 9.97. The number of rotatable bonds is 2. The van der Waals surface area contributed by atoms with E-state index in [2.05, 4.69) is 47.3 Å². The Morgan fingerprint density at radius 3 is 2.77 bits per heavy atom. The number of benzene rings is 1. The van der Waals surface area contributed by atoms with Gasteiger partial charge in [0.1, 0.15) is 17.0 Å². The average Bonchev–Trinajstić information content (AvgIpc) is 2.90. The molecule has 0 aliphatic heterocycles. The number of anilines is 2. The normalized spacial score (nSPS) is 14.1. The molecule has 2 aromatic heterocycles. The van der Waals surface area contributed by atoms with Gasteiger partial charge in [-0.3, -0.25) is 0 Å². The van der Waals surface area contributed by atoms with E-state index in [1.165, 1.54) is 46.2 Å². The van der Waals surface area contributed by atoms with Gasteiger partial charge in [-0.05, 0) is 68.4 Å². The van der Waals surface area contributed by atoms with Crippen molar-refractivity contribution in [2.24, 2.45) is 0 Å². The van der Waals surface area contributed by atoms with Gasteiger partial charge >= 0.3 is 0 Å². The average molecular weight is 309 g/mol. The third-order valence-electron chi connectivity index (χ3n) is 4.52. The molecule has 112 valence electrons. The Labute approximate surface area is 134 Å². The van der Waals surface area contributed by atoms with Crippen LogP contribution in [0.25, 0.3) is 10.2 Å². The zero-order valence-electron chi connectivity index (χ0n) is 12.9. The van der Waals surface area contributed by atoms with E-state index in [0.29, 0.717) is 0 Å². The minimum absolute atomic E-state index is 0.952. The maximum absolute atomic E-state index is 4.52. The molecular weight excluding hydrogens is 290 g/mol. The number of thiophene rings is 1. The summed E-state index contributed by atoms with van der Waals surface area (Å²) in [6.07, 6.45) is 6.60. The summed E-state index contributed by atoms with van der Waals surface area (Å²) in [6, 6.07) is 6.45. The van der Waals surface area contributed by atoms with Gasteiger partial charge in [0.15, 0.2) is 0 Å². The summed E-state index contributed by atoms with van der Waals surface area (Å²) in [7, 11) is 0. The summed E-state index contributed by atoms with van der Waals surface area (Å²) in [6.45, 7) is 4.28. The molecule has 4 rings (SSSR count). The van der Waals surface area contributed by atoms with Gasteiger partial charge < -0.3 is 5.32 Å². The Kier molecular flexibility index (Phi) is 3.34. The van der Waals surface area contributed by atoms with Crippen molar-refractivity contribution in [3.8, 4) is 0 Å². The van der Waals surface area contributed by atoms with Crippen LogP contribution < -0.4 is 5.32 Å². The fourth-order valence-corrected chi connectivity index (χ4v) is 4.37. The summed E-state index contributed by atoms with van der Waals surface area (Å²) in [4.78, 5) is 11.6. The van der Waals surface area contributed by atoms with Crippen molar-refractivity contribution in [3.63, 3.8) is 0 Å². The highest BCUT2D eigenvalue weighted by Crippen LogP contribution is 2.38. The van der Waals surface area contributed by atoms with E-state index in [1.807, 2.05) is 11.3 Å². The van der Waals surface area contributed by atoms with Crippen LogP contribution in [0.5, 0.6) is 0 Å². The summed E-state index contributed by atoms with van der Waals surface area (Å²) < 4.78 is 0. The lowest BCUT2D eigenvalue weighted by molar-refractivity contribution is 0.700. The molecule has 3 aromatic rings. The number of hydrogen-bond donors (Lipinski definition) is 1. The van der Waals surface area contributed by atoms with E-state index < -0.39 is 0 Å². The van der Waals surface area contributed by atoms with Crippen LogP contribution >= 0.6 is 11.3 Å². The molecule has 0 amide bonds. The number of nitrogens with one attached hydrogen (secondary N) is 1. The van der Waals surface area contributed by atoms with Crippen LogP contribution in [-0.4, -0.2) is 9.97 Å². The second kappa shape index (κ2) is 5.36. The molecule has 1 aliphatic rings. The molecule has 0 saturated heterocycles. The molecule has 0 fully saturated rings. The van der Waals surface area contributed by atoms with Crippen LogP contribution in [-0.2, 0) is 12.8 Å². The third kappa shape index (κ3) is 2.28. The molecule has 2 heterocycles. The number of aryl methyl sites for hydroxylation is 4. The molecule has 0 atom stereocenters. The third-order valence-corrected chi connectivity index (χ3v) is 5.72. The Morgan fingerprint density at radius 2 is 1.91 bits per heavy atom. The van der Waals surface area contributed by atoms with Gasteiger partial charge in [0.2, 0.25) is 0 Å². The molecule has 0 bridgehead atoms. The standard InChI is InChI=1S/C18H19N3S/c1-11-7-8-13(9-12(11)2)21-17-16-14-5-3-4-6-15(14)22-18(16)20-10-19-17/h7-10H,3-6H2,1-2H3,(H,19,20,21). The lowest BCUT2D eigenvalue weighted by Crippen LogP contribution is -2.01. The van der Waals surface area contributed by atoms with Gasteiger partial charge in [0.25, 0.3) is 0 Å². The highest BCUT2D eigenvalue weighted by atomic mass is 32.1. The van der Waals surface area contributed by atoms with Gasteiger partial charge in [0.05, 0.1) is 5.39 Å². The van der Waals surface area contributed by atoms with Crippen molar-refractivity contribution < 1.29 is 0 Å². The molecule has 0 spiro atoms. The van der Waals surface area contributed by atoms with Gasteiger partial charge in [-0.2, -0.15) is 0 Å². The summed E-state index contributed by atoms with van der Waals surface area (Å²) >= 11 is 1.84. The summed E-state index contributed by atoms with van der Waals surface area (Å²) in [5.41, 5.74) is 5.17. The zero-order valence-corrected chi connectivity index (χ0v) is 13.8. The highest BCUT2D eigenvalue weighted by Gasteiger charge is 2.19. The first-order valence-corrected chi connectivity index (χ1v) is 8.63. The Bertz CT molecular complexity index is 851. The fourth-order valence-electron chi connectivity index (χ4n) is 3.14. The van der Waals surface area contributed by atoms with E-state index in [0.717, 1.165) is 22.8 Å². The van der Waals surface area contributed by atoms with E-state index >= 15 is 0 Å². The predicted molar refractivity (Wildman–Crippen MR) is 93.3 cm³/mol. The topological polar surface area (TPSA) is 37.8 Å². The molecule has 1 aromatic carbocycles. The van der Waals surface area contributed by atoms with E-state index in [1.54, 1.807) is 6.33 Å². The smallest absolute Gasteiger partial charge is 0.142 e. The van der Waals surface area contributed by atoms with Crippen LogP contribution in [0.1, 0.15) is 34.4 Å². The molecule has 4 heteroatoms. The summed E-state index contributed by atoms with van der Waals surface area (Å²) in [5, 5.41) is 4.74. The van der Waals surface area contributed by atoms with Crippen LogP contribution in [0.4, 0.5) is 11.5 Å². The maximum atomic E-state index is 4.52. The molecule has 1 N–H and O–H groups in total. The van der Waals surface area contributed by atoms with Gasteiger partial charge in [0, 0.05) is 10.6 Å². The number of fused-ring (bicyclic) bond motifs is 3. The Balaban J connectivity index is 1.81. The number of hydrogen-bond acceptors (Lipinski definition) is 4. The Hall–Kier alpha value is -1.94. The lowest BCUT2D eigenvalue weighted by Gasteiger charge is -2.13. The highest BCUT2D eigenvalue weighted by molar-refractivity contribution is 7.19. The van der Waals surface area contributed by atoms with Crippen molar-refractivity contribution in [3.05, 3.63) is 46.1 Å². The fraction of sp³-hybridized carbons (Fsp3) is 0.333. The maximum Gasteiger partial charge on any atom is 0.142 e. The molecule has 22 heavy (non-hydrogen) atoms. The monoisotopic (exact) mass is 309 g/mol. The minimum atomic E-state index is 0.952. The summed E-state index contributed by atoms with van der Waals surface area (Å²) in [5.74, 6) is 0.952. The molecule has 0 unspecified atom stereocenters. The van der Waals surface area contributed by atoms with Crippen molar-refractivity contribution in [1.29, 1.82) is 0 Å². The zero-order chi connectivity index (χ0) is 15.1. The van der Waals surface area contributed by atoms with E-state index in [-0.39, 0.29) is 0 Å². The first-order chi connectivity index (χ1) is 10.7. The van der Waals surface area contributed by atoms with Crippen molar-refractivity contribution in [2.45, 2.75) is 39.5 Å². The second-order valence-electron chi connectivity index (χ2n) is 6.04. The Morgan fingerprint density at radius 1 is 1.05 bits per heavy atom. The van der Waals surface area contributed by atoms with E-state index in [9.17, 15) is 0 Å². The number of nitrogens with zero attached hydrogens (tertiary/aromatic N) is 2. The largest absolute Gasteiger partial charge is 0.340 e.